The van der Waals surface area contributed by atoms with Crippen LogP contribution in [0.4, 0.5) is 21.6 Å². The summed E-state index contributed by atoms with van der Waals surface area (Å²) in [6.07, 6.45) is 4.20. The molecule has 1 saturated heterocycles. The molecular formula is C21H22FN5O. The summed E-state index contributed by atoms with van der Waals surface area (Å²) in [6.45, 7) is 4.69. The van der Waals surface area contributed by atoms with E-state index in [0.29, 0.717) is 49.3 Å². The van der Waals surface area contributed by atoms with Crippen molar-refractivity contribution in [3.8, 4) is 11.4 Å². The number of rotatable bonds is 5. The molecule has 6 nitrogen and oxygen atoms in total. The molecule has 144 valence electrons. The highest BCUT2D eigenvalue weighted by Gasteiger charge is 2.15. The second kappa shape index (κ2) is 8.31. The second-order valence-corrected chi connectivity index (χ2v) is 6.55. The number of nitrogens with zero attached hydrogens (tertiary/aromatic N) is 4. The molecule has 3 aromatic rings. The molecule has 1 aliphatic rings. The van der Waals surface area contributed by atoms with E-state index in [9.17, 15) is 4.39 Å². The SMILES string of the molecule is CCc1cc(Nc2ccc(N3CCOCC3)c(F)c2)nc(-c2ccncc2)n1. The molecule has 1 aromatic carbocycles. The minimum atomic E-state index is -0.258. The molecule has 1 fully saturated rings. The van der Waals surface area contributed by atoms with Crippen LogP contribution in [0.1, 0.15) is 12.6 Å². The van der Waals surface area contributed by atoms with Crippen LogP contribution >= 0.6 is 0 Å². The van der Waals surface area contributed by atoms with Crippen LogP contribution in [0, 0.1) is 5.82 Å². The molecule has 2 aromatic heterocycles. The smallest absolute Gasteiger partial charge is 0.161 e. The molecule has 4 rings (SSSR count). The normalized spacial score (nSPS) is 14.1. The highest BCUT2D eigenvalue weighted by molar-refractivity contribution is 5.64. The summed E-state index contributed by atoms with van der Waals surface area (Å²) in [6, 6.07) is 10.8. The zero-order valence-corrected chi connectivity index (χ0v) is 15.7. The number of hydrogen-bond donors (Lipinski definition) is 1. The van der Waals surface area contributed by atoms with Crippen molar-refractivity contribution in [1.82, 2.24) is 15.0 Å². The van der Waals surface area contributed by atoms with Crippen molar-refractivity contribution in [1.29, 1.82) is 0 Å². The van der Waals surface area contributed by atoms with E-state index in [0.717, 1.165) is 17.7 Å². The molecule has 0 atom stereocenters. The predicted molar refractivity (Wildman–Crippen MR) is 107 cm³/mol. The van der Waals surface area contributed by atoms with Gasteiger partial charge >= 0.3 is 0 Å². The Morgan fingerprint density at radius 2 is 1.86 bits per heavy atom. The van der Waals surface area contributed by atoms with Crippen LogP contribution < -0.4 is 10.2 Å². The van der Waals surface area contributed by atoms with Gasteiger partial charge in [0, 0.05) is 48.5 Å². The minimum absolute atomic E-state index is 0.258. The molecule has 1 aliphatic heterocycles. The Morgan fingerprint density at radius 3 is 2.57 bits per heavy atom. The molecule has 0 amide bonds. The summed E-state index contributed by atoms with van der Waals surface area (Å²) in [5.74, 6) is 0.998. The zero-order chi connectivity index (χ0) is 19.3. The van der Waals surface area contributed by atoms with E-state index in [2.05, 4.69) is 20.3 Å². The number of benzene rings is 1. The van der Waals surface area contributed by atoms with Gasteiger partial charge in [0.15, 0.2) is 5.82 Å². The molecule has 3 heterocycles. The van der Waals surface area contributed by atoms with Crippen LogP contribution in [0.3, 0.4) is 0 Å². The van der Waals surface area contributed by atoms with Crippen molar-refractivity contribution in [2.75, 3.05) is 36.5 Å². The Labute approximate surface area is 163 Å². The summed E-state index contributed by atoms with van der Waals surface area (Å²) < 4.78 is 20.0. The van der Waals surface area contributed by atoms with Gasteiger partial charge in [-0.2, -0.15) is 0 Å². The molecule has 1 N–H and O–H groups in total. The first-order valence-electron chi connectivity index (χ1n) is 9.40. The lowest BCUT2D eigenvalue weighted by Crippen LogP contribution is -2.36. The highest BCUT2D eigenvalue weighted by Crippen LogP contribution is 2.26. The molecule has 0 radical (unpaired) electrons. The fourth-order valence-corrected chi connectivity index (χ4v) is 3.17. The molecular weight excluding hydrogens is 357 g/mol. The fraction of sp³-hybridized carbons (Fsp3) is 0.286. The zero-order valence-electron chi connectivity index (χ0n) is 15.7. The number of ether oxygens (including phenoxy) is 1. The lowest BCUT2D eigenvalue weighted by molar-refractivity contribution is 0.122. The van der Waals surface area contributed by atoms with E-state index in [1.54, 1.807) is 18.5 Å². The van der Waals surface area contributed by atoms with Crippen LogP contribution in [0.25, 0.3) is 11.4 Å². The topological polar surface area (TPSA) is 63.2 Å². The van der Waals surface area contributed by atoms with Gasteiger partial charge in [0.1, 0.15) is 11.6 Å². The van der Waals surface area contributed by atoms with Gasteiger partial charge in [0.25, 0.3) is 0 Å². The quantitative estimate of drug-likeness (QED) is 0.727. The number of pyridine rings is 1. The monoisotopic (exact) mass is 379 g/mol. The van der Waals surface area contributed by atoms with Crippen molar-refractivity contribution in [2.24, 2.45) is 0 Å². The van der Waals surface area contributed by atoms with Gasteiger partial charge in [0.05, 0.1) is 18.9 Å². The average Bonchev–Trinajstić information content (AvgIpc) is 2.75. The minimum Gasteiger partial charge on any atom is -0.378 e. The molecule has 0 unspecified atom stereocenters. The molecule has 7 heteroatoms. The maximum atomic E-state index is 14.7. The molecule has 0 spiro atoms. The summed E-state index contributed by atoms with van der Waals surface area (Å²) in [7, 11) is 0. The average molecular weight is 379 g/mol. The predicted octanol–water partition coefficient (Wildman–Crippen LogP) is 3.82. The van der Waals surface area contributed by atoms with E-state index in [1.165, 1.54) is 6.07 Å². The van der Waals surface area contributed by atoms with Gasteiger partial charge in [-0.1, -0.05) is 6.92 Å². The molecule has 0 bridgehead atoms. The third-order valence-corrected chi connectivity index (χ3v) is 4.65. The van der Waals surface area contributed by atoms with Crippen LogP contribution in [0.5, 0.6) is 0 Å². The summed E-state index contributed by atoms with van der Waals surface area (Å²) >= 11 is 0. The van der Waals surface area contributed by atoms with Crippen LogP contribution in [-0.4, -0.2) is 41.3 Å². The lowest BCUT2D eigenvalue weighted by atomic mass is 10.2. The van der Waals surface area contributed by atoms with Crippen molar-refractivity contribution in [2.45, 2.75) is 13.3 Å². The Balaban J connectivity index is 1.59. The molecule has 0 saturated carbocycles. The van der Waals surface area contributed by atoms with Gasteiger partial charge < -0.3 is 15.0 Å². The first-order chi connectivity index (χ1) is 13.7. The summed E-state index contributed by atoms with van der Waals surface area (Å²) in [5.41, 5.74) is 3.05. The number of halogens is 1. The second-order valence-electron chi connectivity index (χ2n) is 6.55. The summed E-state index contributed by atoms with van der Waals surface area (Å²) in [5, 5.41) is 3.21. The van der Waals surface area contributed by atoms with Gasteiger partial charge in [-0.05, 0) is 36.8 Å². The largest absolute Gasteiger partial charge is 0.378 e. The number of morpholine rings is 1. The van der Waals surface area contributed by atoms with Gasteiger partial charge in [-0.15, -0.1) is 0 Å². The third-order valence-electron chi connectivity index (χ3n) is 4.65. The Bertz CT molecular complexity index is 945. The number of aromatic nitrogens is 3. The Hall–Kier alpha value is -3.06. The van der Waals surface area contributed by atoms with E-state index >= 15 is 0 Å². The van der Waals surface area contributed by atoms with Gasteiger partial charge in [-0.25, -0.2) is 14.4 Å². The Morgan fingerprint density at radius 1 is 1.07 bits per heavy atom. The van der Waals surface area contributed by atoms with Crippen molar-refractivity contribution < 1.29 is 9.13 Å². The first-order valence-corrected chi connectivity index (χ1v) is 9.40. The van der Waals surface area contributed by atoms with Gasteiger partial charge in [-0.3, -0.25) is 4.98 Å². The third kappa shape index (κ3) is 4.09. The fourth-order valence-electron chi connectivity index (χ4n) is 3.17. The number of aryl methyl sites for hydroxylation is 1. The Kier molecular flexibility index (Phi) is 5.43. The van der Waals surface area contributed by atoms with Crippen LogP contribution in [0.2, 0.25) is 0 Å². The lowest BCUT2D eigenvalue weighted by Gasteiger charge is -2.29. The maximum Gasteiger partial charge on any atom is 0.161 e. The van der Waals surface area contributed by atoms with Crippen molar-refractivity contribution in [3.63, 3.8) is 0 Å². The van der Waals surface area contributed by atoms with Crippen molar-refractivity contribution >= 4 is 17.2 Å². The maximum absolute atomic E-state index is 14.7. The van der Waals surface area contributed by atoms with Crippen LogP contribution in [-0.2, 0) is 11.2 Å². The molecule has 0 aliphatic carbocycles. The van der Waals surface area contributed by atoms with E-state index in [1.807, 2.05) is 36.1 Å². The first kappa shape index (κ1) is 18.3. The summed E-state index contributed by atoms with van der Waals surface area (Å²) in [4.78, 5) is 15.2. The molecule has 28 heavy (non-hydrogen) atoms. The van der Waals surface area contributed by atoms with E-state index in [-0.39, 0.29) is 5.82 Å². The highest BCUT2D eigenvalue weighted by atomic mass is 19.1. The van der Waals surface area contributed by atoms with Crippen molar-refractivity contribution in [3.05, 3.63) is 60.3 Å². The number of anilines is 3. The number of hydrogen-bond acceptors (Lipinski definition) is 6. The van der Waals surface area contributed by atoms with Crippen LogP contribution in [0.15, 0.2) is 48.8 Å². The standard InChI is InChI=1S/C21H22FN5O/c1-2-16-14-20(26-21(25-16)15-5-7-23-8-6-15)24-17-3-4-19(18(22)13-17)27-9-11-28-12-10-27/h3-8,13-14H,2,9-12H2,1H3,(H,24,25,26). The van der Waals surface area contributed by atoms with Gasteiger partial charge in [0.2, 0.25) is 0 Å². The van der Waals surface area contributed by atoms with E-state index in [4.69, 9.17) is 4.74 Å². The van der Waals surface area contributed by atoms with E-state index < -0.39 is 0 Å². The number of nitrogens with one attached hydrogen (secondary N) is 1.